The highest BCUT2D eigenvalue weighted by molar-refractivity contribution is 9.10. The number of alkyl halides is 3. The van der Waals surface area contributed by atoms with Crippen molar-refractivity contribution in [1.82, 2.24) is 5.32 Å². The zero-order valence-corrected chi connectivity index (χ0v) is 13.7. The first-order valence-electron chi connectivity index (χ1n) is 6.73. The molecule has 2 aromatic rings. The van der Waals surface area contributed by atoms with E-state index in [0.717, 1.165) is 18.2 Å². The van der Waals surface area contributed by atoms with E-state index in [1.54, 1.807) is 0 Å². The van der Waals surface area contributed by atoms with Gasteiger partial charge in [-0.3, -0.25) is 4.79 Å². The normalized spacial score (nSPS) is 14.1. The van der Waals surface area contributed by atoms with Crippen LogP contribution in [0.2, 0.25) is 0 Å². The third-order valence-electron chi connectivity index (χ3n) is 3.38. The van der Waals surface area contributed by atoms with Gasteiger partial charge in [0.25, 0.3) is 11.5 Å². The number of halogens is 5. The third kappa shape index (κ3) is 3.59. The molecule has 0 fully saturated rings. The van der Waals surface area contributed by atoms with Crippen molar-refractivity contribution >= 4 is 21.8 Å². The summed E-state index contributed by atoms with van der Waals surface area (Å²) in [6, 6.07) is 9.83. The zero-order chi connectivity index (χ0) is 18.0. The van der Waals surface area contributed by atoms with E-state index >= 15 is 0 Å². The maximum Gasteiger partial charge on any atom is 0.430 e. The molecule has 128 valence electrons. The predicted molar refractivity (Wildman–Crippen MR) is 82.3 cm³/mol. The Kier molecular flexibility index (Phi) is 5.29. The Hall–Kier alpha value is -1.93. The molecule has 2 aromatic carbocycles. The first-order chi connectivity index (χ1) is 11.2. The molecule has 24 heavy (non-hydrogen) atoms. The molecule has 0 unspecified atom stereocenters. The monoisotopic (exact) mass is 405 g/mol. The van der Waals surface area contributed by atoms with Crippen molar-refractivity contribution in [2.75, 3.05) is 0 Å². The van der Waals surface area contributed by atoms with Crippen molar-refractivity contribution in [2.24, 2.45) is 0 Å². The molecule has 2 N–H and O–H groups in total. The minimum absolute atomic E-state index is 0.0182. The summed E-state index contributed by atoms with van der Waals surface area (Å²) in [6.45, 7) is -0.505. The summed E-state index contributed by atoms with van der Waals surface area (Å²) in [4.78, 5) is 12.1. The second-order valence-corrected chi connectivity index (χ2v) is 5.91. The SMILES string of the molecule is O=C(NCc1cc(Br)ccc1F)[C@](O)(c1ccccc1)C(F)(F)F. The van der Waals surface area contributed by atoms with Gasteiger partial charge in [-0.25, -0.2) is 4.39 Å². The lowest BCUT2D eigenvalue weighted by molar-refractivity contribution is -0.257. The molecular formula is C16H12BrF4NO2. The van der Waals surface area contributed by atoms with E-state index in [4.69, 9.17) is 0 Å². The fourth-order valence-electron chi connectivity index (χ4n) is 2.09. The van der Waals surface area contributed by atoms with Crippen molar-refractivity contribution in [3.63, 3.8) is 0 Å². The molecule has 1 amide bonds. The minimum atomic E-state index is -5.24. The standard InChI is InChI=1S/C16H12BrF4NO2/c17-12-6-7-13(18)10(8-12)9-22-14(23)15(24,16(19,20)21)11-4-2-1-3-5-11/h1-8,24H,9H2,(H,22,23)/t15-/m1/s1. The van der Waals surface area contributed by atoms with Crippen molar-refractivity contribution < 1.29 is 27.5 Å². The summed E-state index contributed by atoms with van der Waals surface area (Å²) >= 11 is 3.10. The number of hydrogen-bond acceptors (Lipinski definition) is 2. The average molecular weight is 406 g/mol. The Morgan fingerprint density at radius 1 is 1.12 bits per heavy atom. The number of aliphatic hydroxyl groups is 1. The van der Waals surface area contributed by atoms with Crippen LogP contribution in [-0.2, 0) is 16.9 Å². The van der Waals surface area contributed by atoms with E-state index in [9.17, 15) is 27.5 Å². The summed E-state index contributed by atoms with van der Waals surface area (Å²) in [6.07, 6.45) is -5.24. The maximum atomic E-state index is 13.6. The fraction of sp³-hybridized carbons (Fsp3) is 0.188. The highest BCUT2D eigenvalue weighted by Crippen LogP contribution is 2.39. The maximum absolute atomic E-state index is 13.6. The van der Waals surface area contributed by atoms with E-state index < -0.39 is 35.6 Å². The van der Waals surface area contributed by atoms with Crippen LogP contribution in [0.25, 0.3) is 0 Å². The molecule has 0 aromatic heterocycles. The summed E-state index contributed by atoms with van der Waals surface area (Å²) in [5, 5.41) is 12.0. The number of nitrogens with one attached hydrogen (secondary N) is 1. The summed E-state index contributed by atoms with van der Waals surface area (Å²) < 4.78 is 54.1. The highest BCUT2D eigenvalue weighted by Gasteiger charge is 2.60. The smallest absolute Gasteiger partial charge is 0.369 e. The lowest BCUT2D eigenvalue weighted by Gasteiger charge is -2.29. The zero-order valence-electron chi connectivity index (χ0n) is 12.1. The van der Waals surface area contributed by atoms with E-state index in [2.05, 4.69) is 15.9 Å². The third-order valence-corrected chi connectivity index (χ3v) is 3.87. The number of amides is 1. The van der Waals surface area contributed by atoms with Gasteiger partial charge in [0.15, 0.2) is 0 Å². The van der Waals surface area contributed by atoms with Gasteiger partial charge >= 0.3 is 6.18 Å². The second-order valence-electron chi connectivity index (χ2n) is 4.99. The van der Waals surface area contributed by atoms with E-state index in [1.807, 2.05) is 5.32 Å². The van der Waals surface area contributed by atoms with Crippen LogP contribution in [-0.4, -0.2) is 17.2 Å². The first kappa shape index (κ1) is 18.4. The number of benzene rings is 2. The largest absolute Gasteiger partial charge is 0.430 e. The summed E-state index contributed by atoms with van der Waals surface area (Å²) in [5.74, 6) is -2.37. The van der Waals surface area contributed by atoms with Gasteiger partial charge in [-0.15, -0.1) is 0 Å². The molecule has 0 spiro atoms. The lowest BCUT2D eigenvalue weighted by atomic mass is 9.92. The first-order valence-corrected chi connectivity index (χ1v) is 7.52. The van der Waals surface area contributed by atoms with Gasteiger partial charge < -0.3 is 10.4 Å². The lowest BCUT2D eigenvalue weighted by Crippen LogP contribution is -2.54. The molecular weight excluding hydrogens is 394 g/mol. The van der Waals surface area contributed by atoms with Gasteiger partial charge in [-0.05, 0) is 18.2 Å². The summed E-state index contributed by atoms with van der Waals surface area (Å²) in [7, 11) is 0. The Balaban J connectivity index is 2.28. The Morgan fingerprint density at radius 3 is 2.33 bits per heavy atom. The number of carbonyl (C=O) groups excluding carboxylic acids is 1. The van der Waals surface area contributed by atoms with Gasteiger partial charge in [0, 0.05) is 22.1 Å². The minimum Gasteiger partial charge on any atom is -0.369 e. The topological polar surface area (TPSA) is 49.3 Å². The molecule has 3 nitrogen and oxygen atoms in total. The summed E-state index contributed by atoms with van der Waals surface area (Å²) in [5.41, 5.74) is -4.36. The van der Waals surface area contributed by atoms with Gasteiger partial charge in [0.1, 0.15) is 5.82 Å². The van der Waals surface area contributed by atoms with Gasteiger partial charge in [-0.2, -0.15) is 13.2 Å². The fourth-order valence-corrected chi connectivity index (χ4v) is 2.49. The van der Waals surface area contributed by atoms with Crippen LogP contribution < -0.4 is 5.32 Å². The predicted octanol–water partition coefficient (Wildman–Crippen LogP) is 3.65. The van der Waals surface area contributed by atoms with Crippen LogP contribution in [0.5, 0.6) is 0 Å². The molecule has 0 aliphatic carbocycles. The number of carbonyl (C=O) groups is 1. The van der Waals surface area contributed by atoms with Crippen LogP contribution in [0.3, 0.4) is 0 Å². The molecule has 0 bridgehead atoms. The van der Waals surface area contributed by atoms with Crippen molar-refractivity contribution in [3.05, 3.63) is 69.9 Å². The quantitative estimate of drug-likeness (QED) is 0.762. The Morgan fingerprint density at radius 2 is 1.75 bits per heavy atom. The molecule has 8 heteroatoms. The van der Waals surface area contributed by atoms with Crippen molar-refractivity contribution in [3.8, 4) is 0 Å². The molecule has 2 rings (SSSR count). The van der Waals surface area contributed by atoms with E-state index in [-0.39, 0.29) is 5.56 Å². The Labute approximate surface area is 143 Å². The number of hydrogen-bond donors (Lipinski definition) is 2. The van der Waals surface area contributed by atoms with Crippen LogP contribution in [0, 0.1) is 5.82 Å². The van der Waals surface area contributed by atoms with Crippen LogP contribution in [0.1, 0.15) is 11.1 Å². The van der Waals surface area contributed by atoms with Crippen molar-refractivity contribution in [2.45, 2.75) is 18.3 Å². The van der Waals surface area contributed by atoms with Crippen molar-refractivity contribution in [1.29, 1.82) is 0 Å². The number of rotatable bonds is 4. The molecule has 0 aliphatic heterocycles. The Bertz CT molecular complexity index is 737. The molecule has 1 atom stereocenters. The molecule has 0 radical (unpaired) electrons. The molecule has 0 heterocycles. The molecule has 0 saturated carbocycles. The van der Waals surface area contributed by atoms with Crippen LogP contribution >= 0.6 is 15.9 Å². The molecule has 0 aliphatic rings. The van der Waals surface area contributed by atoms with Crippen LogP contribution in [0.15, 0.2) is 53.0 Å². The van der Waals surface area contributed by atoms with E-state index in [1.165, 1.54) is 30.3 Å². The second kappa shape index (κ2) is 6.90. The molecule has 0 saturated heterocycles. The average Bonchev–Trinajstić information content (AvgIpc) is 2.54. The van der Waals surface area contributed by atoms with Gasteiger partial charge in [0.2, 0.25) is 0 Å². The van der Waals surface area contributed by atoms with Gasteiger partial charge in [-0.1, -0.05) is 46.3 Å². The van der Waals surface area contributed by atoms with Crippen LogP contribution in [0.4, 0.5) is 17.6 Å². The van der Waals surface area contributed by atoms with Gasteiger partial charge in [0.05, 0.1) is 0 Å². The van der Waals surface area contributed by atoms with E-state index in [0.29, 0.717) is 4.47 Å². The highest BCUT2D eigenvalue weighted by atomic mass is 79.9.